The molecule has 0 saturated carbocycles. The summed E-state index contributed by atoms with van der Waals surface area (Å²) in [6.07, 6.45) is 0. The van der Waals surface area contributed by atoms with Crippen molar-refractivity contribution in [3.63, 3.8) is 0 Å². The quantitative estimate of drug-likeness (QED) is 0.595. The molecule has 0 aliphatic heterocycles. The van der Waals surface area contributed by atoms with Gasteiger partial charge >= 0.3 is 0 Å². The van der Waals surface area contributed by atoms with Crippen molar-refractivity contribution >= 4 is 0 Å². The van der Waals surface area contributed by atoms with Gasteiger partial charge in [0.1, 0.15) is 0 Å². The molecule has 0 unspecified atom stereocenters. The average Bonchev–Trinajstić information content (AvgIpc) is 2.29. The van der Waals surface area contributed by atoms with E-state index in [2.05, 4.69) is 24.1 Å². The first-order valence-electron chi connectivity index (χ1n) is 5.86. The molecule has 0 fully saturated rings. The number of hydrogen-bond donors (Lipinski definition) is 4. The number of nitrogens with one attached hydrogen (secondary N) is 1. The summed E-state index contributed by atoms with van der Waals surface area (Å²) in [4.78, 5) is 2.11. The van der Waals surface area contributed by atoms with Crippen LogP contribution in [0.15, 0.2) is 12.1 Å². The number of rotatable bonds is 5. The van der Waals surface area contributed by atoms with E-state index in [0.29, 0.717) is 12.1 Å². The number of phenols is 3. The van der Waals surface area contributed by atoms with E-state index in [9.17, 15) is 15.3 Å². The Bertz CT molecular complexity index is 417. The normalized spacial score (nSPS) is 12.1. The molecule has 0 atom stereocenters. The summed E-state index contributed by atoms with van der Waals surface area (Å²) >= 11 is 0. The van der Waals surface area contributed by atoms with Gasteiger partial charge in [-0.05, 0) is 34.0 Å². The van der Waals surface area contributed by atoms with Gasteiger partial charge in [-0.3, -0.25) is 0 Å². The fourth-order valence-electron chi connectivity index (χ4n) is 1.41. The van der Waals surface area contributed by atoms with Crippen LogP contribution in [0.4, 0.5) is 0 Å². The molecule has 0 bridgehead atoms. The fraction of sp³-hybridized carbons (Fsp3) is 0.538. The highest BCUT2D eigenvalue weighted by atomic mass is 16.3. The first-order valence-corrected chi connectivity index (χ1v) is 5.86. The monoisotopic (exact) mass is 254 g/mol. The van der Waals surface area contributed by atoms with Crippen molar-refractivity contribution in [2.24, 2.45) is 0 Å². The number of benzene rings is 1. The van der Waals surface area contributed by atoms with Crippen LogP contribution in [-0.2, 0) is 6.54 Å². The molecule has 0 aliphatic carbocycles. The van der Waals surface area contributed by atoms with E-state index in [0.717, 1.165) is 6.54 Å². The first-order chi connectivity index (χ1) is 8.25. The summed E-state index contributed by atoms with van der Waals surface area (Å²) in [6, 6.07) is 2.95. The van der Waals surface area contributed by atoms with E-state index in [1.807, 2.05) is 14.1 Å². The molecular weight excluding hydrogens is 232 g/mol. The van der Waals surface area contributed by atoms with Crippen molar-refractivity contribution in [2.75, 3.05) is 20.6 Å². The zero-order valence-electron chi connectivity index (χ0n) is 11.4. The van der Waals surface area contributed by atoms with Crippen molar-refractivity contribution in [3.8, 4) is 17.2 Å². The van der Waals surface area contributed by atoms with E-state index in [-0.39, 0.29) is 17.0 Å². The maximum atomic E-state index is 9.66. The minimum Gasteiger partial charge on any atom is -0.504 e. The van der Waals surface area contributed by atoms with E-state index in [1.165, 1.54) is 6.07 Å². The van der Waals surface area contributed by atoms with Crippen molar-refractivity contribution < 1.29 is 15.3 Å². The first kappa shape index (κ1) is 14.6. The van der Waals surface area contributed by atoms with Crippen molar-refractivity contribution in [1.29, 1.82) is 0 Å². The third-order valence-corrected chi connectivity index (χ3v) is 3.30. The van der Waals surface area contributed by atoms with Gasteiger partial charge in [0.15, 0.2) is 11.5 Å². The molecule has 102 valence electrons. The van der Waals surface area contributed by atoms with Gasteiger partial charge in [0.2, 0.25) is 5.75 Å². The summed E-state index contributed by atoms with van der Waals surface area (Å²) in [5.41, 5.74) is 0.550. The van der Waals surface area contributed by atoms with Gasteiger partial charge in [-0.1, -0.05) is 6.07 Å². The highest BCUT2D eigenvalue weighted by Gasteiger charge is 2.20. The molecule has 1 aromatic rings. The Labute approximate surface area is 108 Å². The minimum atomic E-state index is -0.471. The van der Waals surface area contributed by atoms with Crippen LogP contribution in [0.5, 0.6) is 17.2 Å². The smallest absolute Gasteiger partial charge is 0.200 e. The van der Waals surface area contributed by atoms with E-state index in [1.54, 1.807) is 6.07 Å². The van der Waals surface area contributed by atoms with Crippen LogP contribution in [0.2, 0.25) is 0 Å². The molecule has 4 N–H and O–H groups in total. The van der Waals surface area contributed by atoms with E-state index < -0.39 is 5.75 Å². The number of nitrogens with zero attached hydrogens (tertiary/aromatic N) is 1. The molecule has 0 saturated heterocycles. The predicted octanol–water partition coefficient (Wildman–Crippen LogP) is 1.23. The summed E-state index contributed by atoms with van der Waals surface area (Å²) in [6.45, 7) is 5.38. The Morgan fingerprint density at radius 2 is 1.72 bits per heavy atom. The number of likely N-dealkylation sites (N-methyl/N-ethyl adjacent to an activating group) is 1. The van der Waals surface area contributed by atoms with Gasteiger partial charge in [0.25, 0.3) is 0 Å². The van der Waals surface area contributed by atoms with Crippen LogP contribution in [0.25, 0.3) is 0 Å². The zero-order chi connectivity index (χ0) is 13.9. The number of phenolic OH excluding ortho intramolecular Hbond substituents is 3. The van der Waals surface area contributed by atoms with E-state index in [4.69, 9.17) is 0 Å². The molecule has 0 heterocycles. The molecule has 0 radical (unpaired) electrons. The van der Waals surface area contributed by atoms with E-state index >= 15 is 0 Å². The second-order valence-corrected chi connectivity index (χ2v) is 5.25. The highest BCUT2D eigenvalue weighted by Crippen LogP contribution is 2.36. The third kappa shape index (κ3) is 3.27. The maximum absolute atomic E-state index is 9.66. The van der Waals surface area contributed by atoms with Crippen LogP contribution in [0.1, 0.15) is 19.4 Å². The van der Waals surface area contributed by atoms with Crippen LogP contribution in [0.3, 0.4) is 0 Å². The average molecular weight is 254 g/mol. The highest BCUT2D eigenvalue weighted by molar-refractivity contribution is 5.52. The van der Waals surface area contributed by atoms with Crippen LogP contribution < -0.4 is 5.32 Å². The lowest BCUT2D eigenvalue weighted by molar-refractivity contribution is 0.189. The Morgan fingerprint density at radius 3 is 2.28 bits per heavy atom. The largest absolute Gasteiger partial charge is 0.504 e. The molecule has 5 nitrogen and oxygen atoms in total. The molecule has 5 heteroatoms. The lowest BCUT2D eigenvalue weighted by atomic mass is 10.0. The standard InChI is InChI=1S/C13H22N2O3/c1-13(2,15(3)4)8-14-7-9-5-6-10(16)12(18)11(9)17/h5-6,14,16-18H,7-8H2,1-4H3. The van der Waals surface area contributed by atoms with Gasteiger partial charge in [-0.25, -0.2) is 0 Å². The summed E-state index contributed by atoms with van der Waals surface area (Å²) in [5, 5.41) is 31.5. The van der Waals surface area contributed by atoms with Gasteiger partial charge in [0, 0.05) is 24.2 Å². The van der Waals surface area contributed by atoms with Gasteiger partial charge in [-0.2, -0.15) is 0 Å². The molecule has 0 spiro atoms. The van der Waals surface area contributed by atoms with Gasteiger partial charge in [0.05, 0.1) is 0 Å². The van der Waals surface area contributed by atoms with Crippen molar-refractivity contribution in [2.45, 2.75) is 25.9 Å². The Hall–Kier alpha value is -1.46. The van der Waals surface area contributed by atoms with Crippen molar-refractivity contribution in [1.82, 2.24) is 10.2 Å². The Balaban J connectivity index is 2.63. The SMILES string of the molecule is CN(C)C(C)(C)CNCc1ccc(O)c(O)c1O. The molecule has 0 aromatic heterocycles. The summed E-state index contributed by atoms with van der Waals surface area (Å²) < 4.78 is 0. The van der Waals surface area contributed by atoms with Gasteiger partial charge in [-0.15, -0.1) is 0 Å². The molecule has 0 amide bonds. The molecule has 1 aromatic carbocycles. The number of hydrogen-bond acceptors (Lipinski definition) is 5. The van der Waals surface area contributed by atoms with Crippen LogP contribution >= 0.6 is 0 Å². The second kappa shape index (κ2) is 5.46. The van der Waals surface area contributed by atoms with Crippen LogP contribution in [-0.4, -0.2) is 46.4 Å². The lowest BCUT2D eigenvalue weighted by Gasteiger charge is -2.32. The summed E-state index contributed by atoms with van der Waals surface area (Å²) in [5.74, 6) is -1.06. The lowest BCUT2D eigenvalue weighted by Crippen LogP contribution is -2.46. The molecule has 1 rings (SSSR count). The molecule has 18 heavy (non-hydrogen) atoms. The number of aromatic hydroxyl groups is 3. The minimum absolute atomic E-state index is 0.00537. The van der Waals surface area contributed by atoms with Crippen molar-refractivity contribution in [3.05, 3.63) is 17.7 Å². The second-order valence-electron chi connectivity index (χ2n) is 5.25. The fourth-order valence-corrected chi connectivity index (χ4v) is 1.41. The maximum Gasteiger partial charge on any atom is 0.200 e. The Morgan fingerprint density at radius 1 is 1.11 bits per heavy atom. The topological polar surface area (TPSA) is 76.0 Å². The zero-order valence-corrected chi connectivity index (χ0v) is 11.4. The van der Waals surface area contributed by atoms with Gasteiger partial charge < -0.3 is 25.5 Å². The summed E-state index contributed by atoms with van der Waals surface area (Å²) in [7, 11) is 4.01. The molecule has 0 aliphatic rings. The Kier molecular flexibility index (Phi) is 4.43. The third-order valence-electron chi connectivity index (χ3n) is 3.30. The predicted molar refractivity (Wildman–Crippen MR) is 70.9 cm³/mol. The van der Waals surface area contributed by atoms with Crippen LogP contribution in [0, 0.1) is 0 Å². The molecular formula is C13H22N2O3.